The van der Waals surface area contributed by atoms with Gasteiger partial charge in [0.15, 0.2) is 0 Å². The van der Waals surface area contributed by atoms with Gasteiger partial charge in [0.05, 0.1) is 0 Å². The third-order valence-corrected chi connectivity index (χ3v) is 6.06. The molecule has 1 aromatic carbocycles. The molecule has 1 heteroatoms. The molecule has 22 heavy (non-hydrogen) atoms. The van der Waals surface area contributed by atoms with Gasteiger partial charge in [0.2, 0.25) is 0 Å². The zero-order valence-electron chi connectivity index (χ0n) is 13.8. The lowest BCUT2D eigenvalue weighted by Crippen LogP contribution is -2.25. The Morgan fingerprint density at radius 1 is 0.818 bits per heavy atom. The van der Waals surface area contributed by atoms with Crippen molar-refractivity contribution in [3.63, 3.8) is 0 Å². The van der Waals surface area contributed by atoms with Gasteiger partial charge in [0, 0.05) is 0 Å². The molecule has 1 aromatic rings. The molecule has 2 aliphatic rings. The number of hydrogen-bond acceptors (Lipinski definition) is 0. The van der Waals surface area contributed by atoms with E-state index in [4.69, 9.17) is 0 Å². The maximum atomic E-state index is 13.0. The molecule has 0 radical (unpaired) electrons. The lowest BCUT2D eigenvalue weighted by molar-refractivity contribution is 0.171. The minimum atomic E-state index is -0.115. The first-order chi connectivity index (χ1) is 10.8. The van der Waals surface area contributed by atoms with Crippen molar-refractivity contribution < 1.29 is 4.39 Å². The summed E-state index contributed by atoms with van der Waals surface area (Å²) >= 11 is 0. The number of allylic oxidation sites excluding steroid dienone is 2. The second-order valence-electron chi connectivity index (χ2n) is 7.36. The van der Waals surface area contributed by atoms with Crippen LogP contribution in [0.15, 0.2) is 36.4 Å². The Labute approximate surface area is 134 Å². The molecule has 0 nitrogen and oxygen atoms in total. The molecule has 2 aliphatic carbocycles. The predicted molar refractivity (Wildman–Crippen MR) is 91.4 cm³/mol. The third-order valence-electron chi connectivity index (χ3n) is 6.06. The van der Waals surface area contributed by atoms with Crippen LogP contribution in [0, 0.1) is 23.6 Å². The summed E-state index contributed by atoms with van der Waals surface area (Å²) in [4.78, 5) is 0. The quantitative estimate of drug-likeness (QED) is 0.560. The van der Waals surface area contributed by atoms with E-state index in [2.05, 4.69) is 19.1 Å². The fourth-order valence-corrected chi connectivity index (χ4v) is 4.74. The molecule has 0 aromatic heterocycles. The Kier molecular flexibility index (Phi) is 5.33. The van der Waals surface area contributed by atoms with Crippen molar-refractivity contribution in [1.29, 1.82) is 0 Å². The van der Waals surface area contributed by atoms with Crippen LogP contribution in [0.2, 0.25) is 0 Å². The molecular formula is C21H29F. The van der Waals surface area contributed by atoms with E-state index in [1.807, 2.05) is 12.1 Å². The first-order valence-corrected chi connectivity index (χ1v) is 9.14. The average molecular weight is 300 g/mol. The van der Waals surface area contributed by atoms with E-state index in [1.165, 1.54) is 56.9 Å². The van der Waals surface area contributed by atoms with Crippen molar-refractivity contribution in [3.8, 4) is 0 Å². The summed E-state index contributed by atoms with van der Waals surface area (Å²) in [5.41, 5.74) is 1.34. The fraction of sp³-hybridized carbons (Fsp3) is 0.619. The highest BCUT2D eigenvalue weighted by Crippen LogP contribution is 2.44. The summed E-state index contributed by atoms with van der Waals surface area (Å²) in [5, 5.41) is 0. The molecule has 0 bridgehead atoms. The smallest absolute Gasteiger partial charge is 0.123 e. The van der Waals surface area contributed by atoms with Gasteiger partial charge in [-0.05, 0) is 99.7 Å². The van der Waals surface area contributed by atoms with Crippen LogP contribution < -0.4 is 0 Å². The Balaban J connectivity index is 1.49. The van der Waals surface area contributed by atoms with E-state index in [-0.39, 0.29) is 5.82 Å². The summed E-state index contributed by atoms with van der Waals surface area (Å²) in [6.45, 7) is 2.14. The van der Waals surface area contributed by atoms with E-state index in [0.717, 1.165) is 17.8 Å². The Morgan fingerprint density at radius 2 is 1.36 bits per heavy atom. The molecular weight excluding hydrogens is 271 g/mol. The normalized spacial score (nSPS) is 33.2. The largest absolute Gasteiger partial charge is 0.207 e. The molecule has 0 heterocycles. The Hall–Kier alpha value is -1.11. The SMILES string of the molecule is C/C=C/C1CCC(C2CCC(c3ccc(F)cc3)CC2)CC1. The van der Waals surface area contributed by atoms with E-state index >= 15 is 0 Å². The topological polar surface area (TPSA) is 0 Å². The second kappa shape index (κ2) is 7.44. The zero-order valence-corrected chi connectivity index (χ0v) is 13.8. The van der Waals surface area contributed by atoms with Crippen LogP contribution in [0.5, 0.6) is 0 Å². The van der Waals surface area contributed by atoms with Gasteiger partial charge in [-0.2, -0.15) is 0 Å². The predicted octanol–water partition coefficient (Wildman–Crippen LogP) is 6.48. The number of halogens is 1. The van der Waals surface area contributed by atoms with Crippen molar-refractivity contribution in [2.45, 2.75) is 64.2 Å². The van der Waals surface area contributed by atoms with Crippen molar-refractivity contribution in [3.05, 3.63) is 47.8 Å². The van der Waals surface area contributed by atoms with E-state index in [0.29, 0.717) is 5.92 Å². The summed E-state index contributed by atoms with van der Waals surface area (Å²) in [6, 6.07) is 7.21. The third kappa shape index (κ3) is 3.80. The fourth-order valence-electron chi connectivity index (χ4n) is 4.74. The van der Waals surface area contributed by atoms with E-state index in [9.17, 15) is 4.39 Å². The minimum absolute atomic E-state index is 0.115. The standard InChI is InChI=1S/C21H29F/c1-2-3-16-4-6-17(7-5-16)18-8-10-19(11-9-18)20-12-14-21(22)15-13-20/h2-3,12-19H,4-11H2,1H3/b3-2+. The maximum absolute atomic E-state index is 13.0. The summed E-state index contributed by atoms with van der Waals surface area (Å²) in [5.74, 6) is 3.31. The van der Waals surface area contributed by atoms with Gasteiger partial charge in [-0.3, -0.25) is 0 Å². The first kappa shape index (κ1) is 15.8. The van der Waals surface area contributed by atoms with Crippen molar-refractivity contribution in [1.82, 2.24) is 0 Å². The lowest BCUT2D eigenvalue weighted by Gasteiger charge is -2.37. The van der Waals surface area contributed by atoms with Crippen LogP contribution in [-0.2, 0) is 0 Å². The molecule has 0 unspecified atom stereocenters. The molecule has 3 rings (SSSR count). The van der Waals surface area contributed by atoms with Crippen LogP contribution in [0.25, 0.3) is 0 Å². The van der Waals surface area contributed by atoms with Gasteiger partial charge < -0.3 is 0 Å². The van der Waals surface area contributed by atoms with Gasteiger partial charge >= 0.3 is 0 Å². The minimum Gasteiger partial charge on any atom is -0.207 e. The van der Waals surface area contributed by atoms with Crippen molar-refractivity contribution >= 4 is 0 Å². The summed E-state index contributed by atoms with van der Waals surface area (Å²) in [7, 11) is 0. The highest BCUT2D eigenvalue weighted by Gasteiger charge is 2.30. The molecule has 0 amide bonds. The van der Waals surface area contributed by atoms with E-state index in [1.54, 1.807) is 12.1 Å². The van der Waals surface area contributed by atoms with Crippen molar-refractivity contribution in [2.75, 3.05) is 0 Å². The number of benzene rings is 1. The number of rotatable bonds is 3. The monoisotopic (exact) mass is 300 g/mol. The van der Waals surface area contributed by atoms with Crippen LogP contribution >= 0.6 is 0 Å². The van der Waals surface area contributed by atoms with Crippen LogP contribution in [0.1, 0.15) is 69.8 Å². The summed E-state index contributed by atoms with van der Waals surface area (Å²) in [6.07, 6.45) is 15.6. The molecule has 0 spiro atoms. The second-order valence-corrected chi connectivity index (χ2v) is 7.36. The molecule has 0 atom stereocenters. The highest BCUT2D eigenvalue weighted by molar-refractivity contribution is 5.21. The molecule has 2 fully saturated rings. The van der Waals surface area contributed by atoms with Gasteiger partial charge in [-0.1, -0.05) is 24.3 Å². The number of hydrogen-bond donors (Lipinski definition) is 0. The molecule has 0 N–H and O–H groups in total. The van der Waals surface area contributed by atoms with Gasteiger partial charge in [-0.25, -0.2) is 4.39 Å². The molecule has 2 saturated carbocycles. The van der Waals surface area contributed by atoms with Gasteiger partial charge in [-0.15, -0.1) is 0 Å². The molecule has 0 aliphatic heterocycles. The average Bonchev–Trinajstić information content (AvgIpc) is 2.57. The Morgan fingerprint density at radius 3 is 1.91 bits per heavy atom. The van der Waals surface area contributed by atoms with Crippen LogP contribution in [0.4, 0.5) is 4.39 Å². The summed E-state index contributed by atoms with van der Waals surface area (Å²) < 4.78 is 13.0. The first-order valence-electron chi connectivity index (χ1n) is 9.14. The van der Waals surface area contributed by atoms with Gasteiger partial charge in [0.25, 0.3) is 0 Å². The Bertz CT molecular complexity index is 471. The lowest BCUT2D eigenvalue weighted by atomic mass is 9.68. The zero-order chi connectivity index (χ0) is 15.4. The molecule has 0 saturated heterocycles. The molecule has 120 valence electrons. The van der Waals surface area contributed by atoms with Crippen LogP contribution in [-0.4, -0.2) is 0 Å². The van der Waals surface area contributed by atoms with E-state index < -0.39 is 0 Å². The highest BCUT2D eigenvalue weighted by atomic mass is 19.1. The van der Waals surface area contributed by atoms with Crippen molar-refractivity contribution in [2.24, 2.45) is 17.8 Å². The van der Waals surface area contributed by atoms with Gasteiger partial charge in [0.1, 0.15) is 5.82 Å². The maximum Gasteiger partial charge on any atom is 0.123 e. The van der Waals surface area contributed by atoms with Crippen LogP contribution in [0.3, 0.4) is 0 Å².